The zero-order valence-electron chi connectivity index (χ0n) is 11.4. The summed E-state index contributed by atoms with van der Waals surface area (Å²) in [6.45, 7) is 1.63. The van der Waals surface area contributed by atoms with E-state index in [4.69, 9.17) is 5.73 Å². The van der Waals surface area contributed by atoms with Gasteiger partial charge in [0.1, 0.15) is 11.6 Å². The van der Waals surface area contributed by atoms with Gasteiger partial charge < -0.3 is 5.73 Å². The maximum absolute atomic E-state index is 13.9. The molecular weight excluding hydrogens is 276 g/mol. The second kappa shape index (κ2) is 5.26. The summed E-state index contributed by atoms with van der Waals surface area (Å²) >= 11 is 1.67. The summed E-state index contributed by atoms with van der Waals surface area (Å²) in [5, 5.41) is 0. The molecule has 0 saturated heterocycles. The second-order valence-corrected chi connectivity index (χ2v) is 6.57. The lowest BCUT2D eigenvalue weighted by Gasteiger charge is -2.12. The minimum atomic E-state index is -0.563. The third kappa shape index (κ3) is 2.38. The van der Waals surface area contributed by atoms with Crippen LogP contribution in [0, 0.1) is 18.6 Å². The molecule has 0 aliphatic heterocycles. The average molecular weight is 293 g/mol. The zero-order valence-corrected chi connectivity index (χ0v) is 12.2. The molecule has 2 N–H and O–H groups in total. The lowest BCUT2D eigenvalue weighted by atomic mass is 9.97. The third-order valence-electron chi connectivity index (χ3n) is 3.94. The molecule has 106 valence electrons. The molecule has 20 heavy (non-hydrogen) atoms. The van der Waals surface area contributed by atoms with Crippen LogP contribution in [0.4, 0.5) is 8.78 Å². The number of nitrogens with two attached hydrogens (primary N) is 1. The van der Waals surface area contributed by atoms with Crippen LogP contribution >= 0.6 is 11.3 Å². The Labute approximate surface area is 121 Å². The van der Waals surface area contributed by atoms with Crippen molar-refractivity contribution in [2.75, 3.05) is 0 Å². The van der Waals surface area contributed by atoms with Gasteiger partial charge in [0.25, 0.3) is 0 Å². The fourth-order valence-electron chi connectivity index (χ4n) is 2.74. The van der Waals surface area contributed by atoms with E-state index in [-0.39, 0.29) is 0 Å². The Balaban J connectivity index is 1.98. The molecule has 0 amide bonds. The molecule has 1 unspecified atom stereocenters. The van der Waals surface area contributed by atoms with Gasteiger partial charge in [-0.15, -0.1) is 11.3 Å². The lowest BCUT2D eigenvalue weighted by molar-refractivity contribution is 0.561. The average Bonchev–Trinajstić information content (AvgIpc) is 2.86. The molecule has 0 bridgehead atoms. The minimum Gasteiger partial charge on any atom is -0.320 e. The van der Waals surface area contributed by atoms with E-state index >= 15 is 0 Å². The molecule has 0 radical (unpaired) electrons. The molecule has 1 aliphatic rings. The van der Waals surface area contributed by atoms with E-state index in [9.17, 15) is 8.78 Å². The molecule has 1 aromatic heterocycles. The van der Waals surface area contributed by atoms with Crippen LogP contribution in [0.15, 0.2) is 18.2 Å². The van der Waals surface area contributed by atoms with Crippen LogP contribution in [0.1, 0.15) is 45.3 Å². The molecule has 1 aliphatic carbocycles. The number of aryl methyl sites for hydroxylation is 3. The first-order chi connectivity index (χ1) is 9.56. The first-order valence-electron chi connectivity index (χ1n) is 6.89. The van der Waals surface area contributed by atoms with Gasteiger partial charge in [0.15, 0.2) is 0 Å². The number of hydrogen-bond donors (Lipinski definition) is 1. The highest BCUT2D eigenvalue weighted by molar-refractivity contribution is 7.12. The third-order valence-corrected chi connectivity index (χ3v) is 5.26. The highest BCUT2D eigenvalue weighted by Gasteiger charge is 2.21. The van der Waals surface area contributed by atoms with Crippen molar-refractivity contribution in [2.24, 2.45) is 5.73 Å². The SMILES string of the molecule is Cc1cc(C(N)c2cc3c(s2)CCCC3)c(F)cc1F. The summed E-state index contributed by atoms with van der Waals surface area (Å²) in [6, 6.07) is 4.04. The first kappa shape index (κ1) is 13.7. The highest BCUT2D eigenvalue weighted by Crippen LogP contribution is 2.35. The van der Waals surface area contributed by atoms with E-state index < -0.39 is 17.7 Å². The highest BCUT2D eigenvalue weighted by atomic mass is 32.1. The van der Waals surface area contributed by atoms with Gasteiger partial charge in [-0.1, -0.05) is 0 Å². The molecule has 0 spiro atoms. The van der Waals surface area contributed by atoms with Crippen molar-refractivity contribution in [1.29, 1.82) is 0 Å². The molecule has 1 aromatic carbocycles. The summed E-state index contributed by atoms with van der Waals surface area (Å²) in [4.78, 5) is 2.35. The van der Waals surface area contributed by atoms with E-state index in [1.54, 1.807) is 18.3 Å². The van der Waals surface area contributed by atoms with E-state index in [2.05, 4.69) is 6.07 Å². The van der Waals surface area contributed by atoms with Crippen molar-refractivity contribution in [1.82, 2.24) is 0 Å². The van der Waals surface area contributed by atoms with E-state index in [1.807, 2.05) is 0 Å². The summed E-state index contributed by atoms with van der Waals surface area (Å²) in [5.74, 6) is -1.09. The normalized spacial score (nSPS) is 16.0. The van der Waals surface area contributed by atoms with Crippen LogP contribution in [-0.2, 0) is 12.8 Å². The number of benzene rings is 1. The predicted octanol–water partition coefficient (Wildman–Crippen LogP) is 4.26. The van der Waals surface area contributed by atoms with Gasteiger partial charge in [-0.2, -0.15) is 0 Å². The van der Waals surface area contributed by atoms with Gasteiger partial charge in [0, 0.05) is 21.4 Å². The van der Waals surface area contributed by atoms with Gasteiger partial charge in [-0.25, -0.2) is 8.78 Å². The Bertz CT molecular complexity index is 625. The number of fused-ring (bicyclic) bond motifs is 1. The Hall–Kier alpha value is -1.26. The van der Waals surface area contributed by atoms with Gasteiger partial charge in [0.2, 0.25) is 0 Å². The zero-order chi connectivity index (χ0) is 14.3. The predicted molar refractivity (Wildman–Crippen MR) is 78.1 cm³/mol. The Morgan fingerprint density at radius 2 is 1.85 bits per heavy atom. The Kier molecular flexibility index (Phi) is 3.61. The van der Waals surface area contributed by atoms with Crippen LogP contribution in [-0.4, -0.2) is 0 Å². The van der Waals surface area contributed by atoms with Gasteiger partial charge >= 0.3 is 0 Å². The Morgan fingerprint density at radius 1 is 1.10 bits per heavy atom. The Morgan fingerprint density at radius 3 is 2.60 bits per heavy atom. The minimum absolute atomic E-state index is 0.377. The second-order valence-electron chi connectivity index (χ2n) is 5.40. The molecular formula is C16H17F2NS. The van der Waals surface area contributed by atoms with Crippen LogP contribution < -0.4 is 5.73 Å². The van der Waals surface area contributed by atoms with Crippen LogP contribution in [0.5, 0.6) is 0 Å². The molecule has 1 nitrogen and oxygen atoms in total. The summed E-state index contributed by atoms with van der Waals surface area (Å²) < 4.78 is 27.3. The standard InChI is InChI=1S/C16H17F2NS/c1-9-6-11(13(18)8-12(9)17)16(19)15-7-10-4-2-3-5-14(10)20-15/h6-8,16H,2-5,19H2,1H3. The first-order valence-corrected chi connectivity index (χ1v) is 7.70. The smallest absolute Gasteiger partial charge is 0.131 e. The number of hydrogen-bond acceptors (Lipinski definition) is 2. The fourth-order valence-corrected chi connectivity index (χ4v) is 4.02. The maximum atomic E-state index is 13.9. The van der Waals surface area contributed by atoms with Crippen molar-refractivity contribution < 1.29 is 8.78 Å². The fraction of sp³-hybridized carbons (Fsp3) is 0.375. The van der Waals surface area contributed by atoms with E-state index in [0.29, 0.717) is 11.1 Å². The molecule has 4 heteroatoms. The van der Waals surface area contributed by atoms with Gasteiger partial charge in [0.05, 0.1) is 6.04 Å². The van der Waals surface area contributed by atoms with E-state index in [1.165, 1.54) is 29.3 Å². The lowest BCUT2D eigenvalue weighted by Crippen LogP contribution is -2.13. The summed E-state index contributed by atoms with van der Waals surface area (Å²) in [7, 11) is 0. The van der Waals surface area contributed by atoms with Crippen LogP contribution in [0.3, 0.4) is 0 Å². The molecule has 3 rings (SSSR count). The number of rotatable bonds is 2. The van der Waals surface area contributed by atoms with Crippen LogP contribution in [0.2, 0.25) is 0 Å². The molecule has 1 atom stereocenters. The monoisotopic (exact) mass is 293 g/mol. The number of thiophene rings is 1. The van der Waals surface area contributed by atoms with Crippen molar-refractivity contribution >= 4 is 11.3 Å². The topological polar surface area (TPSA) is 26.0 Å². The number of halogens is 2. The largest absolute Gasteiger partial charge is 0.320 e. The van der Waals surface area contributed by atoms with E-state index in [0.717, 1.165) is 23.8 Å². The van der Waals surface area contributed by atoms with Crippen molar-refractivity contribution in [3.8, 4) is 0 Å². The summed E-state index contributed by atoms with van der Waals surface area (Å²) in [5.41, 5.74) is 8.35. The molecule has 0 fully saturated rings. The molecule has 1 heterocycles. The summed E-state index contributed by atoms with van der Waals surface area (Å²) in [6.07, 6.45) is 4.61. The molecule has 0 saturated carbocycles. The van der Waals surface area contributed by atoms with Crippen molar-refractivity contribution in [3.05, 3.63) is 56.3 Å². The molecule has 2 aromatic rings. The van der Waals surface area contributed by atoms with Crippen molar-refractivity contribution in [3.63, 3.8) is 0 Å². The van der Waals surface area contributed by atoms with Crippen LogP contribution in [0.25, 0.3) is 0 Å². The quantitative estimate of drug-likeness (QED) is 0.879. The van der Waals surface area contributed by atoms with Crippen molar-refractivity contribution in [2.45, 2.75) is 38.6 Å². The van der Waals surface area contributed by atoms with Gasteiger partial charge in [-0.05, 0) is 55.9 Å². The van der Waals surface area contributed by atoms with Gasteiger partial charge in [-0.3, -0.25) is 0 Å². The maximum Gasteiger partial charge on any atom is 0.131 e.